The van der Waals surface area contributed by atoms with Crippen LogP contribution in [0, 0.1) is 0 Å². The van der Waals surface area contributed by atoms with Crippen LogP contribution in [-0.4, -0.2) is 22.2 Å². The molecule has 0 radical (unpaired) electrons. The van der Waals surface area contributed by atoms with Crippen LogP contribution in [0.2, 0.25) is 5.02 Å². The number of carboxylic acids is 2. The molecule has 0 bridgehead atoms. The Morgan fingerprint density at radius 3 is 2.59 bits per heavy atom. The number of rotatable bonds is 7. The third kappa shape index (κ3) is 4.07. The zero-order valence-electron chi connectivity index (χ0n) is 11.5. The second-order valence-corrected chi connectivity index (χ2v) is 6.02. The maximum Gasteiger partial charge on any atom is 0.325 e. The molecule has 1 unspecified atom stereocenters. The molecule has 3 N–H and O–H groups in total. The topological polar surface area (TPSA) is 86.6 Å². The first-order valence-corrected chi connectivity index (χ1v) is 7.72. The summed E-state index contributed by atoms with van der Waals surface area (Å²) in [7, 11) is 0. The van der Waals surface area contributed by atoms with Gasteiger partial charge in [-0.05, 0) is 28.6 Å². The van der Waals surface area contributed by atoms with Gasteiger partial charge in [0, 0.05) is 16.4 Å². The summed E-state index contributed by atoms with van der Waals surface area (Å²) in [5, 5.41) is 23.3. The van der Waals surface area contributed by atoms with E-state index in [-0.39, 0.29) is 13.0 Å². The van der Waals surface area contributed by atoms with Crippen LogP contribution in [-0.2, 0) is 22.6 Å². The highest BCUT2D eigenvalue weighted by Gasteiger charge is 2.22. The molecule has 0 saturated carbocycles. The lowest BCUT2D eigenvalue weighted by Gasteiger charge is -2.16. The van der Waals surface area contributed by atoms with E-state index in [1.54, 1.807) is 35.7 Å². The first-order chi connectivity index (χ1) is 10.5. The van der Waals surface area contributed by atoms with Crippen molar-refractivity contribution in [2.45, 2.75) is 19.0 Å². The van der Waals surface area contributed by atoms with Crippen molar-refractivity contribution in [2.75, 3.05) is 0 Å². The van der Waals surface area contributed by atoms with E-state index in [1.165, 1.54) is 11.3 Å². The Hall–Kier alpha value is -1.89. The van der Waals surface area contributed by atoms with E-state index in [9.17, 15) is 14.7 Å². The summed E-state index contributed by atoms with van der Waals surface area (Å²) < 4.78 is 0. The van der Waals surface area contributed by atoms with Crippen molar-refractivity contribution in [3.63, 3.8) is 0 Å². The largest absolute Gasteiger partial charge is 0.481 e. The summed E-state index contributed by atoms with van der Waals surface area (Å²) in [5.41, 5.74) is 1.26. The molecule has 0 fully saturated rings. The fourth-order valence-electron chi connectivity index (χ4n) is 2.07. The van der Waals surface area contributed by atoms with E-state index in [1.807, 2.05) is 0 Å². The monoisotopic (exact) mass is 339 g/mol. The molecule has 0 amide bonds. The normalized spacial score (nSPS) is 12.0. The second kappa shape index (κ2) is 7.40. The molecular weight excluding hydrogens is 326 g/mol. The van der Waals surface area contributed by atoms with E-state index in [0.717, 1.165) is 5.56 Å². The molecule has 1 aromatic heterocycles. The van der Waals surface area contributed by atoms with Gasteiger partial charge in [-0.1, -0.05) is 29.8 Å². The summed E-state index contributed by atoms with van der Waals surface area (Å²) in [5.74, 6) is -1.95. The van der Waals surface area contributed by atoms with Crippen LogP contribution in [0.3, 0.4) is 0 Å². The standard InChI is InChI=1S/C15H14ClNO4S/c16-11-4-2-1-3-10(11)14(15(20)21)17-8-9-5-6-22-12(9)7-13(18)19/h1-6,14,17H,7-8H2,(H,18,19)(H,20,21). The lowest BCUT2D eigenvalue weighted by Crippen LogP contribution is -2.28. The van der Waals surface area contributed by atoms with Crippen molar-refractivity contribution in [2.24, 2.45) is 0 Å². The van der Waals surface area contributed by atoms with Gasteiger partial charge < -0.3 is 10.2 Å². The Morgan fingerprint density at radius 2 is 1.95 bits per heavy atom. The molecule has 5 nitrogen and oxygen atoms in total. The zero-order chi connectivity index (χ0) is 16.1. The average Bonchev–Trinajstić information content (AvgIpc) is 2.87. The molecule has 22 heavy (non-hydrogen) atoms. The lowest BCUT2D eigenvalue weighted by atomic mass is 10.1. The zero-order valence-corrected chi connectivity index (χ0v) is 13.0. The Balaban J connectivity index is 2.14. The van der Waals surface area contributed by atoms with Gasteiger partial charge in [0.15, 0.2) is 0 Å². The maximum atomic E-state index is 11.5. The molecule has 0 spiro atoms. The van der Waals surface area contributed by atoms with Crippen LogP contribution in [0.15, 0.2) is 35.7 Å². The predicted molar refractivity (Wildman–Crippen MR) is 84.3 cm³/mol. The molecule has 2 rings (SSSR count). The molecule has 0 aliphatic rings. The summed E-state index contributed by atoms with van der Waals surface area (Å²) in [6.45, 7) is 0.258. The lowest BCUT2D eigenvalue weighted by molar-refractivity contribution is -0.140. The molecule has 1 heterocycles. The number of carboxylic acid groups (broad SMARTS) is 2. The van der Waals surface area contributed by atoms with Gasteiger partial charge in [0.2, 0.25) is 0 Å². The van der Waals surface area contributed by atoms with E-state index >= 15 is 0 Å². The Bertz CT molecular complexity index is 686. The quantitative estimate of drug-likeness (QED) is 0.722. The number of carbonyl (C=O) groups is 2. The number of benzene rings is 1. The van der Waals surface area contributed by atoms with Gasteiger partial charge in [0.05, 0.1) is 6.42 Å². The molecule has 0 aliphatic carbocycles. The molecule has 116 valence electrons. The molecule has 1 aromatic carbocycles. The van der Waals surface area contributed by atoms with Crippen LogP contribution in [0.1, 0.15) is 22.0 Å². The smallest absolute Gasteiger partial charge is 0.325 e. The molecule has 7 heteroatoms. The van der Waals surface area contributed by atoms with Gasteiger partial charge in [-0.15, -0.1) is 11.3 Å². The van der Waals surface area contributed by atoms with Crippen LogP contribution >= 0.6 is 22.9 Å². The summed E-state index contributed by atoms with van der Waals surface area (Å²) in [6, 6.07) is 7.58. The van der Waals surface area contributed by atoms with E-state index < -0.39 is 18.0 Å². The predicted octanol–water partition coefficient (Wildman–Crippen LogP) is 2.94. The first kappa shape index (κ1) is 16.5. The minimum atomic E-state index is -1.04. The van der Waals surface area contributed by atoms with Crippen molar-refractivity contribution in [1.29, 1.82) is 0 Å². The van der Waals surface area contributed by atoms with Gasteiger partial charge >= 0.3 is 11.9 Å². The van der Waals surface area contributed by atoms with Crippen molar-refractivity contribution in [1.82, 2.24) is 5.32 Å². The van der Waals surface area contributed by atoms with Crippen molar-refractivity contribution in [3.05, 3.63) is 56.7 Å². The number of aliphatic carboxylic acids is 2. The molecule has 0 aliphatic heterocycles. The first-order valence-electron chi connectivity index (χ1n) is 6.46. The number of hydrogen-bond acceptors (Lipinski definition) is 4. The van der Waals surface area contributed by atoms with Crippen molar-refractivity contribution >= 4 is 34.9 Å². The number of halogens is 1. The number of thiophene rings is 1. The number of hydrogen-bond donors (Lipinski definition) is 3. The fraction of sp³-hybridized carbons (Fsp3) is 0.200. The van der Waals surface area contributed by atoms with Crippen LogP contribution in [0.5, 0.6) is 0 Å². The number of nitrogens with one attached hydrogen (secondary N) is 1. The van der Waals surface area contributed by atoms with Crippen LogP contribution in [0.25, 0.3) is 0 Å². The van der Waals surface area contributed by atoms with E-state index in [2.05, 4.69) is 5.32 Å². The van der Waals surface area contributed by atoms with E-state index in [4.69, 9.17) is 16.7 Å². The average molecular weight is 340 g/mol. The van der Waals surface area contributed by atoms with Gasteiger partial charge in [0.25, 0.3) is 0 Å². The third-order valence-electron chi connectivity index (χ3n) is 3.11. The van der Waals surface area contributed by atoms with Gasteiger partial charge in [0.1, 0.15) is 6.04 Å². The van der Waals surface area contributed by atoms with Crippen LogP contribution in [0.4, 0.5) is 0 Å². The van der Waals surface area contributed by atoms with Gasteiger partial charge in [-0.2, -0.15) is 0 Å². The minimum Gasteiger partial charge on any atom is -0.481 e. The van der Waals surface area contributed by atoms with Crippen LogP contribution < -0.4 is 5.32 Å². The minimum absolute atomic E-state index is 0.0709. The van der Waals surface area contributed by atoms with Crippen molar-refractivity contribution < 1.29 is 19.8 Å². The molecule has 1 atom stereocenters. The highest BCUT2D eigenvalue weighted by Crippen LogP contribution is 2.24. The van der Waals surface area contributed by atoms with Crippen molar-refractivity contribution in [3.8, 4) is 0 Å². The summed E-state index contributed by atoms with van der Waals surface area (Å²) >= 11 is 7.39. The highest BCUT2D eigenvalue weighted by atomic mass is 35.5. The Morgan fingerprint density at radius 1 is 1.23 bits per heavy atom. The van der Waals surface area contributed by atoms with E-state index in [0.29, 0.717) is 15.5 Å². The highest BCUT2D eigenvalue weighted by molar-refractivity contribution is 7.10. The van der Waals surface area contributed by atoms with Gasteiger partial charge in [-0.25, -0.2) is 0 Å². The molecule has 2 aromatic rings. The Kier molecular flexibility index (Phi) is 5.54. The Labute approximate surface area is 136 Å². The summed E-state index contributed by atoms with van der Waals surface area (Å²) in [4.78, 5) is 23.0. The summed E-state index contributed by atoms with van der Waals surface area (Å²) in [6.07, 6.45) is -0.0709. The molecule has 0 saturated heterocycles. The maximum absolute atomic E-state index is 11.5. The second-order valence-electron chi connectivity index (χ2n) is 4.61. The molecular formula is C15H14ClNO4S. The third-order valence-corrected chi connectivity index (χ3v) is 4.42. The fourth-order valence-corrected chi connectivity index (χ4v) is 3.21. The SMILES string of the molecule is O=C(O)Cc1sccc1CNC(C(=O)O)c1ccccc1Cl. The van der Waals surface area contributed by atoms with Gasteiger partial charge in [-0.3, -0.25) is 14.9 Å².